The molecule has 0 aliphatic rings. The number of carbonyl (C=O) groups excluding carboxylic acids is 1. The van der Waals surface area contributed by atoms with E-state index in [-0.39, 0.29) is 22.9 Å². The van der Waals surface area contributed by atoms with Crippen molar-refractivity contribution in [2.24, 2.45) is 0 Å². The Morgan fingerprint density at radius 1 is 1.40 bits per heavy atom. The molecule has 0 saturated heterocycles. The maximum Gasteiger partial charge on any atom is 0.340 e. The van der Waals surface area contributed by atoms with Gasteiger partial charge in [-0.1, -0.05) is 12.1 Å². The van der Waals surface area contributed by atoms with E-state index < -0.39 is 11.8 Å². The molecule has 1 aromatic heterocycles. The molecule has 0 bridgehead atoms. The van der Waals surface area contributed by atoms with Crippen LogP contribution in [-0.4, -0.2) is 18.1 Å². The molecule has 0 spiro atoms. The molecular formula is C14H13FN2O3. The minimum atomic E-state index is -0.612. The average Bonchev–Trinajstić information content (AvgIpc) is 2.45. The second kappa shape index (κ2) is 5.56. The second-order valence-electron chi connectivity index (χ2n) is 4.09. The number of hydrogen-bond acceptors (Lipinski definition) is 5. The highest BCUT2D eigenvalue weighted by molar-refractivity contribution is 5.95. The lowest BCUT2D eigenvalue weighted by molar-refractivity contribution is 0.0601. The van der Waals surface area contributed by atoms with Gasteiger partial charge in [0.05, 0.1) is 24.6 Å². The first-order chi connectivity index (χ1) is 9.52. The fraction of sp³-hybridized carbons (Fsp3) is 0.143. The van der Waals surface area contributed by atoms with Crippen molar-refractivity contribution >= 4 is 11.7 Å². The van der Waals surface area contributed by atoms with Gasteiger partial charge in [-0.25, -0.2) is 14.2 Å². The number of carbonyl (C=O) groups is 1. The van der Waals surface area contributed by atoms with Crippen LogP contribution in [0, 0.1) is 12.7 Å². The maximum atomic E-state index is 13.8. The molecule has 0 radical (unpaired) electrons. The molecule has 20 heavy (non-hydrogen) atoms. The number of nitrogens with zero attached hydrogens (tertiary/aromatic N) is 1. The minimum Gasteiger partial charge on any atom is -0.465 e. The van der Waals surface area contributed by atoms with Gasteiger partial charge in [-0.2, -0.15) is 0 Å². The van der Waals surface area contributed by atoms with E-state index in [2.05, 4.69) is 9.72 Å². The number of hydrogen-bond donors (Lipinski definition) is 1. The zero-order chi connectivity index (χ0) is 14.7. The summed E-state index contributed by atoms with van der Waals surface area (Å²) in [5.74, 6) is -1.01. The molecule has 0 fully saturated rings. The summed E-state index contributed by atoms with van der Waals surface area (Å²) in [5.41, 5.74) is 6.35. The third kappa shape index (κ3) is 2.69. The molecule has 0 saturated carbocycles. The number of nitrogen functional groups attached to an aromatic ring is 1. The van der Waals surface area contributed by atoms with Crippen molar-refractivity contribution in [2.45, 2.75) is 6.92 Å². The zero-order valence-electron chi connectivity index (χ0n) is 11.0. The monoisotopic (exact) mass is 276 g/mol. The topological polar surface area (TPSA) is 74.4 Å². The van der Waals surface area contributed by atoms with Crippen molar-refractivity contribution in [3.63, 3.8) is 0 Å². The Balaban J connectivity index is 2.35. The van der Waals surface area contributed by atoms with Crippen molar-refractivity contribution in [1.29, 1.82) is 0 Å². The fourth-order valence-electron chi connectivity index (χ4n) is 1.60. The average molecular weight is 276 g/mol. The maximum absolute atomic E-state index is 13.8. The summed E-state index contributed by atoms with van der Waals surface area (Å²) in [6.45, 7) is 1.62. The molecule has 0 unspecified atom stereocenters. The molecular weight excluding hydrogens is 263 g/mol. The summed E-state index contributed by atoms with van der Waals surface area (Å²) in [4.78, 5) is 15.4. The Hall–Kier alpha value is -2.63. The van der Waals surface area contributed by atoms with E-state index in [1.807, 2.05) is 0 Å². The van der Waals surface area contributed by atoms with Crippen LogP contribution in [-0.2, 0) is 4.74 Å². The van der Waals surface area contributed by atoms with Crippen molar-refractivity contribution in [3.05, 3.63) is 47.4 Å². The van der Waals surface area contributed by atoms with Crippen LogP contribution in [0.25, 0.3) is 0 Å². The van der Waals surface area contributed by atoms with Crippen LogP contribution in [0.1, 0.15) is 15.9 Å². The number of pyridine rings is 1. The molecule has 0 aliphatic heterocycles. The predicted octanol–water partition coefficient (Wildman–Crippen LogP) is 2.69. The highest BCUT2D eigenvalue weighted by Gasteiger charge is 2.14. The molecule has 5 nitrogen and oxygen atoms in total. The molecule has 2 N–H and O–H groups in total. The van der Waals surface area contributed by atoms with E-state index in [1.165, 1.54) is 25.4 Å². The number of halogens is 1. The highest BCUT2D eigenvalue weighted by Crippen LogP contribution is 2.26. The summed E-state index contributed by atoms with van der Waals surface area (Å²) in [7, 11) is 1.24. The third-order valence-corrected chi connectivity index (χ3v) is 2.69. The smallest absolute Gasteiger partial charge is 0.340 e. The predicted molar refractivity (Wildman–Crippen MR) is 71.2 cm³/mol. The Morgan fingerprint density at radius 3 is 2.85 bits per heavy atom. The van der Waals surface area contributed by atoms with Gasteiger partial charge in [-0.15, -0.1) is 0 Å². The summed E-state index contributed by atoms with van der Waals surface area (Å²) in [6, 6.07) is 6.06. The van der Waals surface area contributed by atoms with Gasteiger partial charge in [0.1, 0.15) is 0 Å². The summed E-state index contributed by atoms with van der Waals surface area (Å²) < 4.78 is 23.7. The van der Waals surface area contributed by atoms with Crippen LogP contribution in [0.4, 0.5) is 10.1 Å². The lowest BCUT2D eigenvalue weighted by atomic mass is 10.2. The molecule has 2 rings (SSSR count). The lowest BCUT2D eigenvalue weighted by Crippen LogP contribution is -2.06. The van der Waals surface area contributed by atoms with Gasteiger partial charge >= 0.3 is 5.97 Å². The number of rotatable bonds is 3. The molecule has 0 aliphatic carbocycles. The fourth-order valence-corrected chi connectivity index (χ4v) is 1.60. The van der Waals surface area contributed by atoms with E-state index in [9.17, 15) is 9.18 Å². The van der Waals surface area contributed by atoms with E-state index in [0.29, 0.717) is 5.56 Å². The van der Waals surface area contributed by atoms with Gasteiger partial charge in [0.15, 0.2) is 11.6 Å². The number of esters is 1. The summed E-state index contributed by atoms with van der Waals surface area (Å²) in [6.07, 6.45) is 1.26. The van der Waals surface area contributed by atoms with Crippen LogP contribution in [0.3, 0.4) is 0 Å². The van der Waals surface area contributed by atoms with E-state index in [1.54, 1.807) is 19.1 Å². The molecule has 0 atom stereocenters. The first kappa shape index (κ1) is 13.8. The molecule has 1 heterocycles. The first-order valence-electron chi connectivity index (χ1n) is 5.79. The third-order valence-electron chi connectivity index (χ3n) is 2.69. The number of aryl methyl sites for hydroxylation is 1. The van der Waals surface area contributed by atoms with Gasteiger partial charge in [0.25, 0.3) is 0 Å². The molecule has 0 amide bonds. The first-order valence-corrected chi connectivity index (χ1v) is 5.79. The molecule has 6 heteroatoms. The van der Waals surface area contributed by atoms with E-state index >= 15 is 0 Å². The number of benzene rings is 1. The van der Waals surface area contributed by atoms with E-state index in [4.69, 9.17) is 10.5 Å². The van der Waals surface area contributed by atoms with Crippen molar-refractivity contribution in [2.75, 3.05) is 12.8 Å². The summed E-state index contributed by atoms with van der Waals surface area (Å²) >= 11 is 0. The Bertz CT molecular complexity index is 659. The summed E-state index contributed by atoms with van der Waals surface area (Å²) in [5, 5.41) is 0. The van der Waals surface area contributed by atoms with Crippen LogP contribution in [0.15, 0.2) is 30.5 Å². The van der Waals surface area contributed by atoms with Crippen molar-refractivity contribution < 1.29 is 18.7 Å². The number of ether oxygens (including phenoxy) is 2. The normalized spacial score (nSPS) is 10.2. The van der Waals surface area contributed by atoms with Gasteiger partial charge in [-0.3, -0.25) is 0 Å². The standard InChI is InChI=1S/C14H13FN2O3/c1-8-4-3-5-11(13(8)15)20-12-6-9(14(18)19-2)10(16)7-17-12/h3-7H,16H2,1-2H3. The van der Waals surface area contributed by atoms with Crippen LogP contribution < -0.4 is 10.5 Å². The second-order valence-corrected chi connectivity index (χ2v) is 4.09. The van der Waals surface area contributed by atoms with Crippen molar-refractivity contribution in [1.82, 2.24) is 4.98 Å². The lowest BCUT2D eigenvalue weighted by Gasteiger charge is -2.09. The van der Waals surface area contributed by atoms with Gasteiger partial charge < -0.3 is 15.2 Å². The minimum absolute atomic E-state index is 0.0260. The number of anilines is 1. The Labute approximate surface area is 115 Å². The van der Waals surface area contributed by atoms with E-state index in [0.717, 1.165) is 0 Å². The molecule has 2 aromatic rings. The number of methoxy groups -OCH3 is 1. The largest absolute Gasteiger partial charge is 0.465 e. The Kier molecular flexibility index (Phi) is 3.84. The van der Waals surface area contributed by atoms with Crippen LogP contribution in [0.5, 0.6) is 11.6 Å². The number of aromatic nitrogens is 1. The highest BCUT2D eigenvalue weighted by atomic mass is 19.1. The zero-order valence-corrected chi connectivity index (χ0v) is 11.0. The molecule has 104 valence electrons. The Morgan fingerprint density at radius 2 is 2.15 bits per heavy atom. The van der Waals surface area contributed by atoms with Gasteiger partial charge in [0.2, 0.25) is 5.88 Å². The van der Waals surface area contributed by atoms with Crippen LogP contribution >= 0.6 is 0 Å². The number of nitrogens with two attached hydrogens (primary N) is 1. The van der Waals surface area contributed by atoms with Crippen LogP contribution in [0.2, 0.25) is 0 Å². The van der Waals surface area contributed by atoms with Gasteiger partial charge in [0, 0.05) is 6.07 Å². The van der Waals surface area contributed by atoms with Gasteiger partial charge in [-0.05, 0) is 18.6 Å². The molecule has 1 aromatic carbocycles. The quantitative estimate of drug-likeness (QED) is 0.872. The SMILES string of the molecule is COC(=O)c1cc(Oc2cccc(C)c2F)ncc1N. The van der Waals surface area contributed by atoms with Crippen molar-refractivity contribution in [3.8, 4) is 11.6 Å².